The number of benzene rings is 1. The first-order chi connectivity index (χ1) is 21.1. The van der Waals surface area contributed by atoms with Crippen molar-refractivity contribution in [2.75, 3.05) is 25.1 Å². The van der Waals surface area contributed by atoms with Crippen molar-refractivity contribution in [3.63, 3.8) is 0 Å². The molecule has 2 rings (SSSR count). The van der Waals surface area contributed by atoms with Gasteiger partial charge in [0.25, 0.3) is 5.97 Å². The molecule has 13 nitrogen and oxygen atoms in total. The number of aliphatic carboxylic acids is 1. The molecule has 0 aliphatic carbocycles. The summed E-state index contributed by atoms with van der Waals surface area (Å²) in [5, 5.41) is 18.6. The molecule has 252 valence electrons. The number of nitrogens with two attached hydrogens (primary N) is 1. The highest BCUT2D eigenvalue weighted by Gasteiger charge is 2.33. The summed E-state index contributed by atoms with van der Waals surface area (Å²) < 4.78 is 0. The van der Waals surface area contributed by atoms with Gasteiger partial charge in [-0.1, -0.05) is 58.0 Å². The molecule has 0 bridgehead atoms. The fourth-order valence-corrected chi connectivity index (χ4v) is 4.92. The van der Waals surface area contributed by atoms with Crippen LogP contribution in [0.4, 0.5) is 0 Å². The van der Waals surface area contributed by atoms with Crippen LogP contribution in [0, 0.1) is 11.8 Å². The van der Waals surface area contributed by atoms with Gasteiger partial charge in [0, 0.05) is 13.5 Å². The number of rotatable bonds is 8. The Morgan fingerprint density at radius 2 is 1.58 bits per heavy atom. The molecule has 7 N–H and O–H groups in total. The molecule has 1 heterocycles. The minimum Gasteiger partial charge on any atom is -0.481 e. The van der Waals surface area contributed by atoms with E-state index in [-0.39, 0.29) is 24.9 Å². The summed E-state index contributed by atoms with van der Waals surface area (Å²) in [5.41, 5.74) is 7.13. The number of nitrogens with one attached hydrogen (secondary N) is 4. The van der Waals surface area contributed by atoms with Crippen molar-refractivity contribution in [1.29, 1.82) is 0 Å². The van der Waals surface area contributed by atoms with Crippen LogP contribution in [-0.4, -0.2) is 101 Å². The van der Waals surface area contributed by atoms with Gasteiger partial charge in [-0.2, -0.15) is 11.8 Å². The molecule has 14 heteroatoms. The zero-order valence-corrected chi connectivity index (χ0v) is 28.1. The summed E-state index contributed by atoms with van der Waals surface area (Å²) >= 11 is 1.53. The second kappa shape index (κ2) is 19.7. The molecule has 1 aliphatic heterocycles. The topological polar surface area (TPSA) is 200 Å². The van der Waals surface area contributed by atoms with Crippen molar-refractivity contribution in [3.05, 3.63) is 35.9 Å². The predicted octanol–water partition coefficient (Wildman–Crippen LogP) is 0.514. The van der Waals surface area contributed by atoms with Gasteiger partial charge in [-0.25, -0.2) is 0 Å². The van der Waals surface area contributed by atoms with Gasteiger partial charge >= 0.3 is 0 Å². The lowest BCUT2D eigenvalue weighted by Gasteiger charge is -2.32. The quantitative estimate of drug-likeness (QED) is 0.232. The van der Waals surface area contributed by atoms with E-state index in [4.69, 9.17) is 15.6 Å². The minimum atomic E-state index is -0.940. The summed E-state index contributed by atoms with van der Waals surface area (Å²) in [5.74, 6) is -3.14. The summed E-state index contributed by atoms with van der Waals surface area (Å²) in [6.45, 7) is 9.51. The van der Waals surface area contributed by atoms with E-state index in [2.05, 4.69) is 21.3 Å². The second-order valence-corrected chi connectivity index (χ2v) is 12.8. The van der Waals surface area contributed by atoms with Crippen LogP contribution in [0.25, 0.3) is 0 Å². The van der Waals surface area contributed by atoms with Crippen LogP contribution in [0.1, 0.15) is 53.5 Å². The normalized spacial score (nSPS) is 22.5. The van der Waals surface area contributed by atoms with Gasteiger partial charge in [0.2, 0.25) is 29.5 Å². The van der Waals surface area contributed by atoms with E-state index in [1.807, 2.05) is 50.4 Å². The van der Waals surface area contributed by atoms with Crippen LogP contribution in [0.2, 0.25) is 0 Å². The molecule has 1 aliphatic rings. The molecular formula is C31H50N6O7S. The lowest BCUT2D eigenvalue weighted by molar-refractivity contribution is -0.139. The Kier molecular flexibility index (Phi) is 17.2. The Morgan fingerprint density at radius 3 is 2.11 bits per heavy atom. The first-order valence-electron chi connectivity index (χ1n) is 15.0. The van der Waals surface area contributed by atoms with Crippen molar-refractivity contribution in [3.8, 4) is 0 Å². The number of nitrogens with zero attached hydrogens (tertiary/aromatic N) is 1. The van der Waals surface area contributed by atoms with Gasteiger partial charge in [0.05, 0.1) is 18.6 Å². The fourth-order valence-electron chi connectivity index (χ4n) is 4.45. The summed E-state index contributed by atoms with van der Waals surface area (Å²) in [7, 11) is 0. The summed E-state index contributed by atoms with van der Waals surface area (Å²) in [6, 6.07) is 5.26. The molecule has 5 amide bonds. The van der Waals surface area contributed by atoms with E-state index in [1.165, 1.54) is 16.7 Å². The number of thioether (sulfide) groups is 1. The van der Waals surface area contributed by atoms with E-state index in [1.54, 1.807) is 20.8 Å². The van der Waals surface area contributed by atoms with Crippen molar-refractivity contribution in [2.45, 2.75) is 84.6 Å². The van der Waals surface area contributed by atoms with Crippen LogP contribution >= 0.6 is 11.8 Å². The zero-order valence-electron chi connectivity index (χ0n) is 27.3. The lowest BCUT2D eigenvalue weighted by atomic mass is 10.0. The standard InChI is InChI=1S/C29H46N6O5S.C2H4O2/c1-17(2)24(30)29(40)35-15-21(14-20-10-8-7-9-11-20)32-26(37)19(5)31-27(38)22(12-13-41-6)33-28(39)25(18(3)4)34-23(36)16-35;1-2(3)4/h7-11,17-19,21-22,24-25H,12-16,30H2,1-6H3,(H,31,38)(H,32,37)(H,33,39)(H,34,36);1H3,(H,3,4)/t19-,21+,22-,24-,25-;/m0./s1. The Hall–Kier alpha value is -3.65. The molecular weight excluding hydrogens is 600 g/mol. The largest absolute Gasteiger partial charge is 0.481 e. The van der Waals surface area contributed by atoms with Crippen LogP contribution in [-0.2, 0) is 35.2 Å². The Balaban J connectivity index is 0.00000238. The number of hydrogen-bond acceptors (Lipinski definition) is 8. The van der Waals surface area contributed by atoms with Gasteiger partial charge in [0.1, 0.15) is 18.1 Å². The van der Waals surface area contributed by atoms with Crippen LogP contribution in [0.3, 0.4) is 0 Å². The summed E-state index contributed by atoms with van der Waals surface area (Å²) in [4.78, 5) is 76.8. The maximum atomic E-state index is 13.5. The smallest absolute Gasteiger partial charge is 0.300 e. The highest BCUT2D eigenvalue weighted by Crippen LogP contribution is 2.11. The summed E-state index contributed by atoms with van der Waals surface area (Å²) in [6.07, 6.45) is 2.61. The molecule has 1 fully saturated rings. The highest BCUT2D eigenvalue weighted by molar-refractivity contribution is 7.98. The van der Waals surface area contributed by atoms with E-state index >= 15 is 0 Å². The van der Waals surface area contributed by atoms with Crippen LogP contribution in [0.5, 0.6) is 0 Å². The van der Waals surface area contributed by atoms with Crippen molar-refractivity contribution < 1.29 is 33.9 Å². The van der Waals surface area contributed by atoms with Crippen molar-refractivity contribution >= 4 is 47.3 Å². The van der Waals surface area contributed by atoms with E-state index in [0.717, 1.165) is 12.5 Å². The molecule has 1 aromatic rings. The second-order valence-electron chi connectivity index (χ2n) is 11.8. The Bertz CT molecular complexity index is 1150. The van der Waals surface area contributed by atoms with Gasteiger partial charge in [-0.05, 0) is 49.2 Å². The molecule has 0 spiro atoms. The highest BCUT2D eigenvalue weighted by atomic mass is 32.2. The fraction of sp³-hybridized carbons (Fsp3) is 0.613. The molecule has 1 aromatic carbocycles. The average molecular weight is 651 g/mol. The average Bonchev–Trinajstić information content (AvgIpc) is 2.96. The maximum Gasteiger partial charge on any atom is 0.300 e. The molecule has 1 saturated heterocycles. The molecule has 45 heavy (non-hydrogen) atoms. The minimum absolute atomic E-state index is 0.00284. The maximum absolute atomic E-state index is 13.5. The zero-order chi connectivity index (χ0) is 34.3. The van der Waals surface area contributed by atoms with Gasteiger partial charge in [-0.15, -0.1) is 0 Å². The van der Waals surface area contributed by atoms with Crippen LogP contribution < -0.4 is 27.0 Å². The first-order valence-corrected chi connectivity index (χ1v) is 16.4. The third-order valence-electron chi connectivity index (χ3n) is 7.02. The molecule has 0 radical (unpaired) electrons. The number of carboxylic acid groups (broad SMARTS) is 1. The number of carboxylic acids is 1. The molecule has 5 atom stereocenters. The Morgan fingerprint density at radius 1 is 0.978 bits per heavy atom. The van der Waals surface area contributed by atoms with E-state index < -0.39 is 65.7 Å². The number of amides is 5. The third-order valence-corrected chi connectivity index (χ3v) is 7.67. The molecule has 0 unspecified atom stereocenters. The molecule has 0 aromatic heterocycles. The predicted molar refractivity (Wildman–Crippen MR) is 174 cm³/mol. The van der Waals surface area contributed by atoms with Crippen LogP contribution in [0.15, 0.2) is 30.3 Å². The van der Waals surface area contributed by atoms with Gasteiger partial charge in [-0.3, -0.25) is 28.8 Å². The lowest BCUT2D eigenvalue weighted by Crippen LogP contribution is -2.58. The Labute approximate surface area is 270 Å². The first kappa shape index (κ1) is 39.4. The SMILES string of the molecule is CC(=O)O.CSCC[C@@H]1NC(=O)[C@H](C(C)C)NC(=O)CN(C(=O)[C@@H](N)C(C)C)C[C@@H](Cc2ccccc2)NC(=O)[C@H](C)NC1=O. The van der Waals surface area contributed by atoms with Gasteiger partial charge < -0.3 is 37.0 Å². The van der Waals surface area contributed by atoms with Crippen molar-refractivity contribution in [1.82, 2.24) is 26.2 Å². The number of carbonyl (C=O) groups excluding carboxylic acids is 5. The monoisotopic (exact) mass is 650 g/mol. The third kappa shape index (κ3) is 14.3. The van der Waals surface area contributed by atoms with Crippen molar-refractivity contribution in [2.24, 2.45) is 17.6 Å². The number of hydrogen-bond donors (Lipinski definition) is 6. The number of carbonyl (C=O) groups is 6. The van der Waals surface area contributed by atoms with E-state index in [0.29, 0.717) is 18.6 Å². The van der Waals surface area contributed by atoms with Gasteiger partial charge in [0.15, 0.2) is 0 Å². The molecule has 0 saturated carbocycles. The van der Waals surface area contributed by atoms with E-state index in [9.17, 15) is 24.0 Å².